The first-order valence-electron chi connectivity index (χ1n) is 9.98. The maximum Gasteiger partial charge on any atom is 0.320 e. The Kier molecular flexibility index (Phi) is 5.62. The molecule has 6 heteroatoms. The van der Waals surface area contributed by atoms with Crippen LogP contribution in [0, 0.1) is 0 Å². The first-order chi connectivity index (χ1) is 14.1. The van der Waals surface area contributed by atoms with E-state index in [0.29, 0.717) is 19.5 Å². The molecule has 0 aliphatic carbocycles. The minimum Gasteiger partial charge on any atom is -0.480 e. The number of nitrogens with one attached hydrogen (secondary N) is 2. The van der Waals surface area contributed by atoms with Crippen molar-refractivity contribution in [2.75, 3.05) is 19.6 Å². The lowest BCUT2D eigenvalue weighted by molar-refractivity contribution is -0.142. The van der Waals surface area contributed by atoms with Crippen molar-refractivity contribution in [2.24, 2.45) is 0 Å². The zero-order chi connectivity index (χ0) is 20.2. The lowest BCUT2D eigenvalue weighted by atomic mass is 9.91. The van der Waals surface area contributed by atoms with Gasteiger partial charge >= 0.3 is 5.97 Å². The summed E-state index contributed by atoms with van der Waals surface area (Å²) in [6.45, 7) is 1.22. The van der Waals surface area contributed by atoms with E-state index in [0.717, 1.165) is 28.5 Å². The number of hydrogen-bond donors (Lipinski definition) is 3. The fraction of sp³-hybridized carbons (Fsp3) is 0.304. The maximum atomic E-state index is 12.6. The van der Waals surface area contributed by atoms with Crippen LogP contribution in [0.25, 0.3) is 10.9 Å². The van der Waals surface area contributed by atoms with Crippen molar-refractivity contribution in [1.29, 1.82) is 0 Å². The molecule has 4 rings (SSSR count). The fourth-order valence-corrected chi connectivity index (χ4v) is 4.23. The van der Waals surface area contributed by atoms with E-state index >= 15 is 0 Å². The number of H-pyrrole nitrogens is 1. The molecule has 6 nitrogen and oxygen atoms in total. The quantitative estimate of drug-likeness (QED) is 0.578. The van der Waals surface area contributed by atoms with Crippen LogP contribution in [0.2, 0.25) is 0 Å². The number of likely N-dealkylation sites (tertiary alicyclic amines) is 1. The highest BCUT2D eigenvalue weighted by Gasteiger charge is 2.31. The number of aliphatic carboxylic acids is 1. The number of hydrogen-bond acceptors (Lipinski definition) is 3. The highest BCUT2D eigenvalue weighted by molar-refractivity contribution is 5.84. The molecule has 2 aromatic carbocycles. The Morgan fingerprint density at radius 2 is 1.90 bits per heavy atom. The molecule has 3 N–H and O–H groups in total. The van der Waals surface area contributed by atoms with E-state index in [4.69, 9.17) is 0 Å². The van der Waals surface area contributed by atoms with Crippen molar-refractivity contribution in [2.45, 2.75) is 24.8 Å². The number of fused-ring (bicyclic) bond motifs is 1. The molecule has 1 fully saturated rings. The predicted molar refractivity (Wildman–Crippen MR) is 112 cm³/mol. The molecule has 3 aromatic rings. The van der Waals surface area contributed by atoms with Crippen LogP contribution < -0.4 is 5.32 Å². The lowest BCUT2D eigenvalue weighted by Crippen LogP contribution is -2.43. The van der Waals surface area contributed by atoms with Gasteiger partial charge < -0.3 is 15.4 Å². The third kappa shape index (κ3) is 4.17. The molecule has 150 valence electrons. The standard InChI is InChI=1S/C23H25N3O3/c27-22(15-26-12-6-11-21(26)23(28)29)25-13-18(16-7-2-1-3-8-16)19-14-24-20-10-5-4-9-17(19)20/h1-5,7-10,14,18,21,24H,6,11-13,15H2,(H,25,27)(H,28,29)/t18-,21-/m0/s1. The normalized spacial score (nSPS) is 18.0. The maximum absolute atomic E-state index is 12.6. The first kappa shape index (κ1) is 19.2. The molecule has 0 unspecified atom stereocenters. The zero-order valence-corrected chi connectivity index (χ0v) is 16.2. The third-order valence-corrected chi connectivity index (χ3v) is 5.70. The van der Waals surface area contributed by atoms with Crippen LogP contribution in [0.4, 0.5) is 0 Å². The van der Waals surface area contributed by atoms with Gasteiger partial charge in [-0.1, -0.05) is 48.5 Å². The number of para-hydroxylation sites is 1. The van der Waals surface area contributed by atoms with Crippen LogP contribution in [0.1, 0.15) is 29.9 Å². The highest BCUT2D eigenvalue weighted by Crippen LogP contribution is 2.30. The van der Waals surface area contributed by atoms with E-state index in [1.165, 1.54) is 0 Å². The summed E-state index contributed by atoms with van der Waals surface area (Å²) in [6, 6.07) is 17.7. The highest BCUT2D eigenvalue weighted by atomic mass is 16.4. The predicted octanol–water partition coefficient (Wildman–Crippen LogP) is 2.97. The second-order valence-corrected chi connectivity index (χ2v) is 7.52. The molecule has 1 saturated heterocycles. The van der Waals surface area contributed by atoms with Gasteiger partial charge in [0.05, 0.1) is 6.54 Å². The molecule has 1 aromatic heterocycles. The Balaban J connectivity index is 1.51. The van der Waals surface area contributed by atoms with E-state index in [-0.39, 0.29) is 18.4 Å². The number of carboxylic acid groups (broad SMARTS) is 1. The van der Waals surface area contributed by atoms with E-state index in [2.05, 4.69) is 28.5 Å². The number of benzene rings is 2. The van der Waals surface area contributed by atoms with Crippen molar-refractivity contribution in [3.8, 4) is 0 Å². The second kappa shape index (κ2) is 8.49. The molecule has 0 saturated carbocycles. The Bertz CT molecular complexity index is 999. The third-order valence-electron chi connectivity index (χ3n) is 5.70. The van der Waals surface area contributed by atoms with Crippen molar-refractivity contribution in [1.82, 2.24) is 15.2 Å². The average Bonchev–Trinajstić information content (AvgIpc) is 3.36. The van der Waals surface area contributed by atoms with Gasteiger partial charge in [0, 0.05) is 29.6 Å². The average molecular weight is 391 g/mol. The molecule has 29 heavy (non-hydrogen) atoms. The van der Waals surface area contributed by atoms with Crippen molar-refractivity contribution < 1.29 is 14.7 Å². The van der Waals surface area contributed by atoms with Crippen molar-refractivity contribution in [3.63, 3.8) is 0 Å². The Labute approximate surface area is 169 Å². The summed E-state index contributed by atoms with van der Waals surface area (Å²) in [5.74, 6) is -0.986. The van der Waals surface area contributed by atoms with E-state index < -0.39 is 12.0 Å². The van der Waals surface area contributed by atoms with E-state index in [9.17, 15) is 14.7 Å². The van der Waals surface area contributed by atoms with Crippen LogP contribution in [0.5, 0.6) is 0 Å². The van der Waals surface area contributed by atoms with Crippen LogP contribution in [-0.2, 0) is 9.59 Å². The van der Waals surface area contributed by atoms with Crippen LogP contribution in [0.3, 0.4) is 0 Å². The Morgan fingerprint density at radius 1 is 1.14 bits per heavy atom. The SMILES string of the molecule is O=C(CN1CCC[C@H]1C(=O)O)NC[C@@H](c1ccccc1)c1c[nH]c2ccccc12. The smallest absolute Gasteiger partial charge is 0.320 e. The summed E-state index contributed by atoms with van der Waals surface area (Å²) < 4.78 is 0. The molecular formula is C23H25N3O3. The number of amides is 1. The van der Waals surface area contributed by atoms with Gasteiger partial charge in [-0.15, -0.1) is 0 Å². The summed E-state index contributed by atoms with van der Waals surface area (Å²) in [5.41, 5.74) is 3.33. The summed E-state index contributed by atoms with van der Waals surface area (Å²) in [6.07, 6.45) is 3.42. The summed E-state index contributed by atoms with van der Waals surface area (Å²) in [5, 5.41) is 13.5. The molecule has 0 bridgehead atoms. The molecule has 0 radical (unpaired) electrons. The number of aromatic nitrogens is 1. The van der Waals surface area contributed by atoms with Gasteiger partial charge in [0.25, 0.3) is 0 Å². The molecule has 1 aliphatic rings. The van der Waals surface area contributed by atoms with Crippen molar-refractivity contribution in [3.05, 3.63) is 71.9 Å². The minimum atomic E-state index is -0.851. The molecule has 2 heterocycles. The number of aromatic amines is 1. The van der Waals surface area contributed by atoms with Gasteiger partial charge in [-0.25, -0.2) is 0 Å². The number of carbonyl (C=O) groups excluding carboxylic acids is 1. The van der Waals surface area contributed by atoms with Gasteiger partial charge in [-0.05, 0) is 36.6 Å². The number of nitrogens with zero attached hydrogens (tertiary/aromatic N) is 1. The topological polar surface area (TPSA) is 85.4 Å². The minimum absolute atomic E-state index is 0.00477. The zero-order valence-electron chi connectivity index (χ0n) is 16.2. The van der Waals surface area contributed by atoms with Crippen LogP contribution in [0.15, 0.2) is 60.8 Å². The van der Waals surface area contributed by atoms with Crippen LogP contribution in [-0.4, -0.2) is 52.5 Å². The largest absolute Gasteiger partial charge is 0.480 e. The molecular weight excluding hydrogens is 366 g/mol. The summed E-state index contributed by atoms with van der Waals surface area (Å²) in [4.78, 5) is 29.0. The van der Waals surface area contributed by atoms with E-state index in [1.54, 1.807) is 4.90 Å². The number of carboxylic acids is 1. The van der Waals surface area contributed by atoms with Gasteiger partial charge in [-0.3, -0.25) is 14.5 Å². The Morgan fingerprint density at radius 3 is 2.69 bits per heavy atom. The van der Waals surface area contributed by atoms with Crippen LogP contribution >= 0.6 is 0 Å². The monoisotopic (exact) mass is 391 g/mol. The van der Waals surface area contributed by atoms with E-state index in [1.807, 2.05) is 42.6 Å². The first-order valence-corrected chi connectivity index (χ1v) is 9.98. The fourth-order valence-electron chi connectivity index (χ4n) is 4.23. The summed E-state index contributed by atoms with van der Waals surface area (Å²) >= 11 is 0. The second-order valence-electron chi connectivity index (χ2n) is 7.52. The summed E-state index contributed by atoms with van der Waals surface area (Å²) in [7, 11) is 0. The number of carbonyl (C=O) groups is 2. The number of rotatable bonds is 7. The lowest BCUT2D eigenvalue weighted by Gasteiger charge is -2.22. The van der Waals surface area contributed by atoms with Gasteiger partial charge in [0.2, 0.25) is 5.91 Å². The van der Waals surface area contributed by atoms with Gasteiger partial charge in [0.15, 0.2) is 0 Å². The van der Waals surface area contributed by atoms with Gasteiger partial charge in [-0.2, -0.15) is 0 Å². The Hall–Kier alpha value is -3.12. The molecule has 1 aliphatic heterocycles. The molecule has 1 amide bonds. The van der Waals surface area contributed by atoms with Crippen molar-refractivity contribution >= 4 is 22.8 Å². The molecule has 2 atom stereocenters. The van der Waals surface area contributed by atoms with Gasteiger partial charge in [0.1, 0.15) is 6.04 Å². The molecule has 0 spiro atoms.